The van der Waals surface area contributed by atoms with Crippen LogP contribution in [-0.2, 0) is 9.53 Å². The van der Waals surface area contributed by atoms with Crippen LogP contribution < -0.4 is 0 Å². The van der Waals surface area contributed by atoms with Gasteiger partial charge in [-0.25, -0.2) is 0 Å². The number of azide groups is 1. The van der Waals surface area contributed by atoms with Crippen LogP contribution in [0.3, 0.4) is 0 Å². The lowest BCUT2D eigenvalue weighted by Crippen LogP contribution is -2.58. The molecule has 4 aliphatic carbocycles. The third-order valence-electron chi connectivity index (χ3n) is 10.7. The van der Waals surface area contributed by atoms with E-state index in [2.05, 4.69) is 30.8 Å². The summed E-state index contributed by atoms with van der Waals surface area (Å²) in [7, 11) is 1.46. The number of hydrogen-bond acceptors (Lipinski definition) is 4. The molecule has 0 aromatic heterocycles. The highest BCUT2D eigenvalue weighted by molar-refractivity contribution is 5.69. The second-order valence-electron chi connectivity index (χ2n) is 11.7. The van der Waals surface area contributed by atoms with Gasteiger partial charge in [0.15, 0.2) is 0 Å². The topological polar surface area (TPSA) is 95.3 Å². The number of fused-ring (bicyclic) bond motifs is 5. The number of aliphatic hydroxyl groups is 1. The summed E-state index contributed by atoms with van der Waals surface area (Å²) in [6, 6.07) is 0.157. The number of carbonyl (C=O) groups excluding carboxylic acids is 1. The Balaban J connectivity index is 1.52. The van der Waals surface area contributed by atoms with Gasteiger partial charge in [-0.1, -0.05) is 25.9 Å². The molecule has 0 heterocycles. The van der Waals surface area contributed by atoms with Gasteiger partial charge in [-0.3, -0.25) is 4.79 Å². The number of ether oxygens (including phenoxy) is 1. The fourth-order valence-corrected chi connectivity index (χ4v) is 8.99. The van der Waals surface area contributed by atoms with Crippen LogP contribution in [0, 0.1) is 46.3 Å². The number of esters is 1. The van der Waals surface area contributed by atoms with Crippen molar-refractivity contribution in [3.05, 3.63) is 10.4 Å². The average Bonchev–Trinajstić information content (AvgIpc) is 3.12. The van der Waals surface area contributed by atoms with Crippen molar-refractivity contribution in [2.24, 2.45) is 51.5 Å². The molecule has 174 valence electrons. The molecule has 31 heavy (non-hydrogen) atoms. The van der Waals surface area contributed by atoms with E-state index in [4.69, 9.17) is 10.3 Å². The first-order valence-electron chi connectivity index (χ1n) is 12.5. The van der Waals surface area contributed by atoms with Gasteiger partial charge in [-0.05, 0) is 110 Å². The van der Waals surface area contributed by atoms with E-state index in [0.717, 1.165) is 32.1 Å². The molecule has 4 fully saturated rings. The first kappa shape index (κ1) is 22.9. The number of methoxy groups -OCH3 is 1. The van der Waals surface area contributed by atoms with Crippen molar-refractivity contribution in [1.29, 1.82) is 0 Å². The molecule has 0 spiro atoms. The first-order chi connectivity index (χ1) is 14.8. The Kier molecular flexibility index (Phi) is 6.35. The van der Waals surface area contributed by atoms with Crippen LogP contribution in [0.2, 0.25) is 0 Å². The van der Waals surface area contributed by atoms with Crippen molar-refractivity contribution in [3.63, 3.8) is 0 Å². The summed E-state index contributed by atoms with van der Waals surface area (Å²) >= 11 is 0. The maximum atomic E-state index is 11.7. The second kappa shape index (κ2) is 8.59. The van der Waals surface area contributed by atoms with Crippen molar-refractivity contribution in [2.75, 3.05) is 7.11 Å². The largest absolute Gasteiger partial charge is 0.469 e. The molecule has 4 saturated carbocycles. The Morgan fingerprint density at radius 1 is 1.19 bits per heavy atom. The predicted molar refractivity (Wildman–Crippen MR) is 120 cm³/mol. The highest BCUT2D eigenvalue weighted by atomic mass is 16.5. The molecule has 0 amide bonds. The zero-order valence-electron chi connectivity index (χ0n) is 19.8. The van der Waals surface area contributed by atoms with Crippen LogP contribution in [0.4, 0.5) is 0 Å². The molecule has 0 aromatic carbocycles. The summed E-state index contributed by atoms with van der Waals surface area (Å²) < 4.78 is 4.86. The predicted octanol–water partition coefficient (Wildman–Crippen LogP) is 5.88. The van der Waals surface area contributed by atoms with Gasteiger partial charge in [-0.2, -0.15) is 0 Å². The molecule has 0 unspecified atom stereocenters. The van der Waals surface area contributed by atoms with E-state index in [-0.39, 0.29) is 28.9 Å². The van der Waals surface area contributed by atoms with Gasteiger partial charge in [0, 0.05) is 17.4 Å². The molecule has 6 nitrogen and oxygen atoms in total. The molecular weight excluding hydrogens is 390 g/mol. The maximum absolute atomic E-state index is 11.7. The van der Waals surface area contributed by atoms with E-state index >= 15 is 0 Å². The molecule has 4 rings (SSSR count). The summed E-state index contributed by atoms with van der Waals surface area (Å²) in [6.07, 6.45) is 9.98. The molecule has 0 bridgehead atoms. The van der Waals surface area contributed by atoms with E-state index in [1.165, 1.54) is 32.8 Å². The number of carbonyl (C=O) groups is 1. The van der Waals surface area contributed by atoms with Gasteiger partial charge >= 0.3 is 5.97 Å². The van der Waals surface area contributed by atoms with Crippen molar-refractivity contribution < 1.29 is 14.6 Å². The van der Waals surface area contributed by atoms with Crippen LogP contribution in [0.15, 0.2) is 5.11 Å². The lowest BCUT2D eigenvalue weighted by atomic mass is 9.43. The number of rotatable bonds is 5. The van der Waals surface area contributed by atoms with Gasteiger partial charge in [0.1, 0.15) is 0 Å². The van der Waals surface area contributed by atoms with Gasteiger partial charge in [0.05, 0.1) is 13.2 Å². The maximum Gasteiger partial charge on any atom is 0.305 e. The molecule has 4 aliphatic rings. The molecule has 6 heteroatoms. The van der Waals surface area contributed by atoms with Crippen molar-refractivity contribution >= 4 is 5.97 Å². The third kappa shape index (κ3) is 3.68. The Morgan fingerprint density at radius 3 is 2.68 bits per heavy atom. The van der Waals surface area contributed by atoms with Gasteiger partial charge in [0.2, 0.25) is 0 Å². The SMILES string of the molecule is COC(=O)CC[C@@H](C)[C@H]1CC[C@H]2[C@@H]3CC[C@@H]4C[C@H](N=[N+]=[N-])CC[C@]4(C)[C@H]3C[C@H](O)[C@]12C. The summed E-state index contributed by atoms with van der Waals surface area (Å²) in [5.41, 5.74) is 9.11. The molecule has 0 radical (unpaired) electrons. The van der Waals surface area contributed by atoms with Crippen LogP contribution in [0.1, 0.15) is 85.0 Å². The molecule has 1 N–H and O–H groups in total. The summed E-state index contributed by atoms with van der Waals surface area (Å²) in [5, 5.41) is 15.7. The molecule has 0 aliphatic heterocycles. The van der Waals surface area contributed by atoms with Gasteiger partial charge < -0.3 is 9.84 Å². The van der Waals surface area contributed by atoms with E-state index < -0.39 is 0 Å². The van der Waals surface area contributed by atoms with Crippen molar-refractivity contribution in [1.82, 2.24) is 0 Å². The smallest absolute Gasteiger partial charge is 0.305 e. The van der Waals surface area contributed by atoms with Crippen LogP contribution in [0.5, 0.6) is 0 Å². The van der Waals surface area contributed by atoms with E-state index in [1.807, 2.05) is 0 Å². The zero-order valence-corrected chi connectivity index (χ0v) is 19.8. The standard InChI is InChI=1S/C25H41N3O3/c1-15(5-10-23(30)31-4)19-8-9-20-18-7-6-16-13-17(27-28-26)11-12-24(16,2)21(18)14-22(29)25(19,20)3/h15-22,29H,5-14H2,1-4H3/t15-,16-,17-,18+,19-,20+,21+,22+,24+,25-/m1/s1. The molecule has 0 saturated heterocycles. The Labute approximate surface area is 187 Å². The highest BCUT2D eigenvalue weighted by Gasteiger charge is 2.63. The summed E-state index contributed by atoms with van der Waals surface area (Å²) in [4.78, 5) is 14.8. The normalized spacial score (nSPS) is 47.3. The molecular formula is C25H41N3O3. The minimum absolute atomic E-state index is 0.0395. The fraction of sp³-hybridized carbons (Fsp3) is 0.960. The summed E-state index contributed by atoms with van der Waals surface area (Å²) in [6.45, 7) is 7.11. The van der Waals surface area contributed by atoms with Crippen molar-refractivity contribution in [2.45, 2.75) is 97.1 Å². The second-order valence-corrected chi connectivity index (χ2v) is 11.7. The number of aliphatic hydroxyl groups excluding tert-OH is 1. The van der Waals surface area contributed by atoms with Gasteiger partial charge in [-0.15, -0.1) is 0 Å². The number of hydrogen-bond donors (Lipinski definition) is 1. The Hall–Kier alpha value is -1.26. The number of nitrogens with zero attached hydrogens (tertiary/aromatic N) is 3. The average molecular weight is 432 g/mol. The zero-order chi connectivity index (χ0) is 22.4. The fourth-order valence-electron chi connectivity index (χ4n) is 8.99. The highest BCUT2D eigenvalue weighted by Crippen LogP contribution is 2.68. The lowest BCUT2D eigenvalue weighted by Gasteiger charge is -2.62. The Morgan fingerprint density at radius 2 is 1.97 bits per heavy atom. The molecule has 10 atom stereocenters. The monoisotopic (exact) mass is 431 g/mol. The minimum atomic E-state index is -0.266. The Bertz CT molecular complexity index is 738. The van der Waals surface area contributed by atoms with E-state index in [0.29, 0.717) is 41.9 Å². The van der Waals surface area contributed by atoms with Crippen LogP contribution >= 0.6 is 0 Å². The van der Waals surface area contributed by atoms with Crippen LogP contribution in [0.25, 0.3) is 10.4 Å². The van der Waals surface area contributed by atoms with E-state index in [1.54, 1.807) is 0 Å². The van der Waals surface area contributed by atoms with Crippen LogP contribution in [-0.4, -0.2) is 30.3 Å². The van der Waals surface area contributed by atoms with Gasteiger partial charge in [0.25, 0.3) is 0 Å². The quantitative estimate of drug-likeness (QED) is 0.255. The molecule has 0 aromatic rings. The van der Waals surface area contributed by atoms with Crippen molar-refractivity contribution in [3.8, 4) is 0 Å². The lowest BCUT2D eigenvalue weighted by molar-refractivity contribution is -0.169. The summed E-state index contributed by atoms with van der Waals surface area (Å²) in [5.74, 6) is 3.25. The first-order valence-corrected chi connectivity index (χ1v) is 12.5. The third-order valence-corrected chi connectivity index (χ3v) is 10.7. The minimum Gasteiger partial charge on any atom is -0.469 e. The van der Waals surface area contributed by atoms with E-state index in [9.17, 15) is 9.90 Å².